The molecule has 1 heterocycles. The first-order chi connectivity index (χ1) is 7.07. The van der Waals surface area contributed by atoms with E-state index >= 15 is 0 Å². The van der Waals surface area contributed by atoms with E-state index in [0.29, 0.717) is 0 Å². The molecule has 0 atom stereocenters. The van der Waals surface area contributed by atoms with Gasteiger partial charge in [-0.1, -0.05) is 18.5 Å². The average molecular weight is 288 g/mol. The van der Waals surface area contributed by atoms with Crippen molar-refractivity contribution in [1.82, 2.24) is 0 Å². The van der Waals surface area contributed by atoms with E-state index in [1.807, 2.05) is 20.1 Å². The van der Waals surface area contributed by atoms with Gasteiger partial charge >= 0.3 is 0 Å². The highest BCUT2D eigenvalue weighted by Crippen LogP contribution is 2.38. The molecular formula is C12H12BrClO. The predicted molar refractivity (Wildman–Crippen MR) is 67.8 cm³/mol. The molecule has 0 aliphatic heterocycles. The Morgan fingerprint density at radius 1 is 1.33 bits per heavy atom. The van der Waals surface area contributed by atoms with Crippen molar-refractivity contribution in [2.45, 2.75) is 27.2 Å². The summed E-state index contributed by atoms with van der Waals surface area (Å²) in [5.74, 6) is 0. The molecule has 0 saturated heterocycles. The molecule has 1 aromatic heterocycles. The van der Waals surface area contributed by atoms with Gasteiger partial charge in [0.15, 0.2) is 0 Å². The van der Waals surface area contributed by atoms with Crippen LogP contribution in [0.1, 0.15) is 23.6 Å². The molecule has 0 saturated carbocycles. The van der Waals surface area contributed by atoms with Crippen LogP contribution >= 0.6 is 27.5 Å². The van der Waals surface area contributed by atoms with Crippen LogP contribution in [0.2, 0.25) is 5.02 Å². The van der Waals surface area contributed by atoms with Crippen molar-refractivity contribution in [3.05, 3.63) is 32.4 Å². The molecule has 0 spiro atoms. The van der Waals surface area contributed by atoms with Crippen LogP contribution in [0.25, 0.3) is 11.0 Å². The minimum Gasteiger partial charge on any atom is -0.463 e. The van der Waals surface area contributed by atoms with Crippen molar-refractivity contribution in [2.75, 3.05) is 0 Å². The molecule has 2 rings (SSSR count). The van der Waals surface area contributed by atoms with E-state index in [1.54, 1.807) is 0 Å². The van der Waals surface area contributed by atoms with Crippen molar-refractivity contribution in [2.24, 2.45) is 0 Å². The molecule has 0 bridgehead atoms. The molecule has 0 amide bonds. The van der Waals surface area contributed by atoms with Gasteiger partial charge in [-0.15, -0.1) is 0 Å². The number of furan rings is 1. The second-order valence-electron chi connectivity index (χ2n) is 3.70. The molecule has 0 unspecified atom stereocenters. The van der Waals surface area contributed by atoms with Crippen LogP contribution in [0.15, 0.2) is 15.2 Å². The normalized spacial score (nSPS) is 11.3. The lowest BCUT2D eigenvalue weighted by atomic mass is 10.0. The summed E-state index contributed by atoms with van der Waals surface area (Å²) in [6.07, 6.45) is 2.78. The number of benzene rings is 1. The van der Waals surface area contributed by atoms with E-state index in [4.69, 9.17) is 16.0 Å². The average Bonchev–Trinajstić information content (AvgIpc) is 2.67. The second-order valence-corrected chi connectivity index (χ2v) is 4.87. The first kappa shape index (κ1) is 11.0. The number of hydrogen-bond acceptors (Lipinski definition) is 1. The first-order valence-corrected chi connectivity index (χ1v) is 6.09. The number of halogens is 2. The number of rotatable bonds is 1. The third-order valence-electron chi connectivity index (χ3n) is 2.81. The largest absolute Gasteiger partial charge is 0.463 e. The molecule has 80 valence electrons. The number of hydrogen-bond donors (Lipinski definition) is 0. The van der Waals surface area contributed by atoms with Crippen LogP contribution in [0.3, 0.4) is 0 Å². The Labute approximate surface area is 103 Å². The highest BCUT2D eigenvalue weighted by Gasteiger charge is 2.16. The van der Waals surface area contributed by atoms with Gasteiger partial charge in [0.2, 0.25) is 0 Å². The zero-order valence-electron chi connectivity index (χ0n) is 8.95. The quantitative estimate of drug-likeness (QED) is 0.717. The van der Waals surface area contributed by atoms with E-state index in [9.17, 15) is 0 Å². The van der Waals surface area contributed by atoms with Gasteiger partial charge in [-0.25, -0.2) is 0 Å². The lowest BCUT2D eigenvalue weighted by Gasteiger charge is -2.07. The van der Waals surface area contributed by atoms with Gasteiger partial charge < -0.3 is 4.42 Å². The van der Waals surface area contributed by atoms with E-state index in [2.05, 4.69) is 22.9 Å². The van der Waals surface area contributed by atoms with E-state index in [-0.39, 0.29) is 0 Å². The lowest BCUT2D eigenvalue weighted by molar-refractivity contribution is 0.609. The molecule has 1 aromatic carbocycles. The highest BCUT2D eigenvalue weighted by atomic mass is 79.9. The van der Waals surface area contributed by atoms with Gasteiger partial charge in [0, 0.05) is 10.4 Å². The van der Waals surface area contributed by atoms with Crippen LogP contribution in [0, 0.1) is 13.8 Å². The van der Waals surface area contributed by atoms with E-state index < -0.39 is 0 Å². The van der Waals surface area contributed by atoms with Crippen LogP contribution in [0.4, 0.5) is 0 Å². The van der Waals surface area contributed by atoms with Crippen molar-refractivity contribution in [3.63, 3.8) is 0 Å². The summed E-state index contributed by atoms with van der Waals surface area (Å²) in [4.78, 5) is 0. The number of fused-ring (bicyclic) bond motifs is 1. The van der Waals surface area contributed by atoms with Crippen molar-refractivity contribution in [3.8, 4) is 0 Å². The molecule has 0 fully saturated rings. The maximum Gasteiger partial charge on any atom is 0.148 e. The van der Waals surface area contributed by atoms with Crippen LogP contribution in [0.5, 0.6) is 0 Å². The molecule has 0 N–H and O–H groups in total. The molecule has 0 aliphatic carbocycles. The van der Waals surface area contributed by atoms with Gasteiger partial charge in [0.1, 0.15) is 5.58 Å². The Morgan fingerprint density at radius 2 is 2.00 bits per heavy atom. The Morgan fingerprint density at radius 3 is 2.60 bits per heavy atom. The monoisotopic (exact) mass is 286 g/mol. The van der Waals surface area contributed by atoms with E-state index in [1.165, 1.54) is 5.56 Å². The highest BCUT2D eigenvalue weighted by molar-refractivity contribution is 9.10. The van der Waals surface area contributed by atoms with Crippen molar-refractivity contribution >= 4 is 38.5 Å². The maximum absolute atomic E-state index is 6.28. The second kappa shape index (κ2) is 3.84. The summed E-state index contributed by atoms with van der Waals surface area (Å²) < 4.78 is 6.55. The third-order valence-corrected chi connectivity index (χ3v) is 4.33. The molecule has 0 radical (unpaired) electrons. The maximum atomic E-state index is 6.28. The summed E-state index contributed by atoms with van der Waals surface area (Å²) in [5.41, 5.74) is 4.27. The topological polar surface area (TPSA) is 13.1 Å². The third kappa shape index (κ3) is 1.51. The summed E-state index contributed by atoms with van der Waals surface area (Å²) in [6, 6.07) is 0. The van der Waals surface area contributed by atoms with Crippen LogP contribution < -0.4 is 0 Å². The Kier molecular flexibility index (Phi) is 2.82. The fourth-order valence-electron chi connectivity index (χ4n) is 1.88. The Bertz CT molecular complexity index is 528. The van der Waals surface area contributed by atoms with Gasteiger partial charge in [-0.3, -0.25) is 0 Å². The SMILES string of the molecule is CCc1coc2c(Br)c(C)c(Cl)c(C)c12. The fourth-order valence-corrected chi connectivity index (χ4v) is 2.68. The minimum absolute atomic E-state index is 0.825. The Balaban J connectivity index is 2.97. The zero-order chi connectivity index (χ0) is 11.2. The summed E-state index contributed by atoms with van der Waals surface area (Å²) in [5, 5.41) is 1.98. The predicted octanol–water partition coefficient (Wildman–Crippen LogP) is 5.03. The van der Waals surface area contributed by atoms with Gasteiger partial charge in [-0.2, -0.15) is 0 Å². The molecular weight excluding hydrogens is 275 g/mol. The van der Waals surface area contributed by atoms with Gasteiger partial charge in [0.25, 0.3) is 0 Å². The molecule has 0 aliphatic rings. The van der Waals surface area contributed by atoms with Crippen LogP contribution in [-0.2, 0) is 6.42 Å². The van der Waals surface area contributed by atoms with Gasteiger partial charge in [-0.05, 0) is 52.9 Å². The minimum atomic E-state index is 0.825. The first-order valence-electron chi connectivity index (χ1n) is 4.92. The zero-order valence-corrected chi connectivity index (χ0v) is 11.3. The fraction of sp³-hybridized carbons (Fsp3) is 0.333. The van der Waals surface area contributed by atoms with Crippen molar-refractivity contribution < 1.29 is 4.42 Å². The molecule has 1 nitrogen and oxygen atoms in total. The Hall–Kier alpha value is -0.470. The van der Waals surface area contributed by atoms with Gasteiger partial charge in [0.05, 0.1) is 10.7 Å². The van der Waals surface area contributed by atoms with Crippen molar-refractivity contribution in [1.29, 1.82) is 0 Å². The molecule has 2 aromatic rings. The summed E-state index contributed by atoms with van der Waals surface area (Å²) >= 11 is 9.81. The summed E-state index contributed by atoms with van der Waals surface area (Å²) in [7, 11) is 0. The summed E-state index contributed by atoms with van der Waals surface area (Å²) in [6.45, 7) is 6.15. The van der Waals surface area contributed by atoms with Crippen LogP contribution in [-0.4, -0.2) is 0 Å². The number of aryl methyl sites for hydroxylation is 2. The lowest BCUT2D eigenvalue weighted by Crippen LogP contribution is -1.87. The smallest absolute Gasteiger partial charge is 0.148 e. The standard InChI is InChI=1S/C12H12BrClO/c1-4-8-5-15-12-9(8)6(2)11(14)7(3)10(12)13/h5H,4H2,1-3H3. The van der Waals surface area contributed by atoms with E-state index in [0.717, 1.165) is 38.0 Å². The molecule has 3 heteroatoms. The molecule has 15 heavy (non-hydrogen) atoms.